The van der Waals surface area contributed by atoms with Crippen LogP contribution in [0.15, 0.2) is 53.4 Å². The Bertz CT molecular complexity index is 908. The zero-order valence-electron chi connectivity index (χ0n) is 14.9. The van der Waals surface area contributed by atoms with E-state index in [2.05, 4.69) is 5.32 Å². The van der Waals surface area contributed by atoms with Crippen LogP contribution in [0.25, 0.3) is 0 Å². The summed E-state index contributed by atoms with van der Waals surface area (Å²) in [7, 11) is -2.15. The molecule has 0 radical (unpaired) electrons. The van der Waals surface area contributed by atoms with Crippen LogP contribution in [0.4, 0.5) is 10.1 Å². The molecule has 1 aliphatic heterocycles. The smallest absolute Gasteiger partial charge is 0.243 e. The fourth-order valence-electron chi connectivity index (χ4n) is 3.10. The SMILES string of the molecule is COc1ccccc1NC(=O)C1CCN(S(=O)(=O)c2ccc(F)cc2)CC1. The minimum absolute atomic E-state index is 0.0563. The van der Waals surface area contributed by atoms with Crippen LogP contribution < -0.4 is 10.1 Å². The maximum absolute atomic E-state index is 13.0. The Morgan fingerprint density at radius 2 is 1.74 bits per heavy atom. The maximum Gasteiger partial charge on any atom is 0.243 e. The molecule has 3 rings (SSSR count). The summed E-state index contributed by atoms with van der Waals surface area (Å²) in [6, 6.07) is 11.9. The molecule has 1 saturated heterocycles. The molecule has 6 nitrogen and oxygen atoms in total. The third-order valence-electron chi connectivity index (χ3n) is 4.64. The first-order chi connectivity index (χ1) is 12.9. The Hall–Kier alpha value is -2.45. The number of ether oxygens (including phenoxy) is 1. The van der Waals surface area contributed by atoms with Crippen LogP contribution in [0, 0.1) is 11.7 Å². The van der Waals surface area contributed by atoms with Crippen molar-refractivity contribution in [2.75, 3.05) is 25.5 Å². The van der Waals surface area contributed by atoms with Crippen molar-refractivity contribution in [1.29, 1.82) is 0 Å². The zero-order chi connectivity index (χ0) is 19.4. The average molecular weight is 392 g/mol. The van der Waals surface area contributed by atoms with E-state index in [4.69, 9.17) is 4.74 Å². The normalized spacial score (nSPS) is 16.1. The summed E-state index contributed by atoms with van der Waals surface area (Å²) in [6.07, 6.45) is 0.836. The highest BCUT2D eigenvalue weighted by Crippen LogP contribution is 2.27. The maximum atomic E-state index is 13.0. The number of nitrogens with zero attached hydrogens (tertiary/aromatic N) is 1. The second kappa shape index (κ2) is 8.06. The van der Waals surface area contributed by atoms with Gasteiger partial charge in [0.1, 0.15) is 11.6 Å². The summed E-state index contributed by atoms with van der Waals surface area (Å²) in [5.74, 6) is -0.351. The van der Waals surface area contributed by atoms with E-state index in [1.165, 1.54) is 23.5 Å². The number of carbonyl (C=O) groups excluding carboxylic acids is 1. The van der Waals surface area contributed by atoms with Gasteiger partial charge in [-0.05, 0) is 49.2 Å². The first kappa shape index (κ1) is 19.3. The number of hydrogen-bond acceptors (Lipinski definition) is 4. The molecule has 2 aromatic carbocycles. The summed E-state index contributed by atoms with van der Waals surface area (Å²) in [5.41, 5.74) is 0.589. The van der Waals surface area contributed by atoms with Gasteiger partial charge in [-0.15, -0.1) is 0 Å². The topological polar surface area (TPSA) is 75.7 Å². The van der Waals surface area contributed by atoms with Gasteiger partial charge in [-0.3, -0.25) is 4.79 Å². The van der Waals surface area contributed by atoms with Crippen LogP contribution >= 0.6 is 0 Å². The summed E-state index contributed by atoms with van der Waals surface area (Å²) in [5, 5.41) is 2.85. The molecular weight excluding hydrogens is 371 g/mol. The van der Waals surface area contributed by atoms with Crippen molar-refractivity contribution in [1.82, 2.24) is 4.31 Å². The molecule has 1 N–H and O–H groups in total. The molecule has 27 heavy (non-hydrogen) atoms. The third kappa shape index (κ3) is 4.28. The van der Waals surface area contributed by atoms with Gasteiger partial charge in [-0.25, -0.2) is 12.8 Å². The minimum atomic E-state index is -3.68. The first-order valence-corrected chi connectivity index (χ1v) is 10.1. The summed E-state index contributed by atoms with van der Waals surface area (Å²) >= 11 is 0. The molecular formula is C19H21FN2O4S. The third-order valence-corrected chi connectivity index (χ3v) is 6.55. The van der Waals surface area contributed by atoms with Crippen molar-refractivity contribution >= 4 is 21.6 Å². The number of para-hydroxylation sites is 2. The Kier molecular flexibility index (Phi) is 5.76. The van der Waals surface area contributed by atoms with E-state index in [1.807, 2.05) is 6.07 Å². The van der Waals surface area contributed by atoms with Crippen molar-refractivity contribution in [2.24, 2.45) is 5.92 Å². The molecule has 0 unspecified atom stereocenters. The molecule has 0 aromatic heterocycles. The van der Waals surface area contributed by atoms with E-state index >= 15 is 0 Å². The minimum Gasteiger partial charge on any atom is -0.495 e. The van der Waals surface area contributed by atoms with Gasteiger partial charge in [-0.2, -0.15) is 4.31 Å². The van der Waals surface area contributed by atoms with Gasteiger partial charge in [0.25, 0.3) is 0 Å². The monoisotopic (exact) mass is 392 g/mol. The number of halogens is 1. The second-order valence-corrected chi connectivity index (χ2v) is 8.26. The standard InChI is InChI=1S/C19H21FN2O4S/c1-26-18-5-3-2-4-17(18)21-19(23)14-10-12-22(13-11-14)27(24,25)16-8-6-15(20)7-9-16/h2-9,14H,10-13H2,1H3,(H,21,23). The molecule has 0 saturated carbocycles. The quantitative estimate of drug-likeness (QED) is 0.849. The van der Waals surface area contributed by atoms with Crippen molar-refractivity contribution in [2.45, 2.75) is 17.7 Å². The molecule has 1 heterocycles. The van der Waals surface area contributed by atoms with Gasteiger partial charge in [0.15, 0.2) is 0 Å². The summed E-state index contributed by atoms with van der Waals surface area (Å²) in [4.78, 5) is 12.6. The van der Waals surface area contributed by atoms with Crippen molar-refractivity contribution < 1.29 is 22.3 Å². The summed E-state index contributed by atoms with van der Waals surface area (Å²) < 4.78 is 44.9. The van der Waals surface area contributed by atoms with Crippen LogP contribution in [-0.2, 0) is 14.8 Å². The summed E-state index contributed by atoms with van der Waals surface area (Å²) in [6.45, 7) is 0.480. The average Bonchev–Trinajstić information content (AvgIpc) is 2.69. The van der Waals surface area contributed by atoms with Crippen LogP contribution in [0.5, 0.6) is 5.75 Å². The lowest BCUT2D eigenvalue weighted by Crippen LogP contribution is -2.41. The van der Waals surface area contributed by atoms with Gasteiger partial charge in [-0.1, -0.05) is 12.1 Å². The second-order valence-electron chi connectivity index (χ2n) is 6.32. The Morgan fingerprint density at radius 3 is 2.37 bits per heavy atom. The van der Waals surface area contributed by atoms with E-state index < -0.39 is 15.8 Å². The number of nitrogens with one attached hydrogen (secondary N) is 1. The van der Waals surface area contributed by atoms with Gasteiger partial charge in [0.05, 0.1) is 17.7 Å². The predicted octanol–water partition coefficient (Wildman–Crippen LogP) is 2.87. The largest absolute Gasteiger partial charge is 0.495 e. The number of methoxy groups -OCH3 is 1. The van der Waals surface area contributed by atoms with Gasteiger partial charge in [0, 0.05) is 19.0 Å². The Labute approximate surface area is 158 Å². The number of rotatable bonds is 5. The first-order valence-electron chi connectivity index (χ1n) is 8.61. The van der Waals surface area contributed by atoms with Crippen molar-refractivity contribution in [3.63, 3.8) is 0 Å². The Morgan fingerprint density at radius 1 is 1.11 bits per heavy atom. The number of piperidine rings is 1. The molecule has 144 valence electrons. The highest BCUT2D eigenvalue weighted by molar-refractivity contribution is 7.89. The number of carbonyl (C=O) groups is 1. The molecule has 1 amide bonds. The lowest BCUT2D eigenvalue weighted by Gasteiger charge is -2.30. The van der Waals surface area contributed by atoms with E-state index in [1.54, 1.807) is 18.2 Å². The molecule has 8 heteroatoms. The van der Waals surface area contributed by atoms with Crippen LogP contribution in [0.1, 0.15) is 12.8 Å². The van der Waals surface area contributed by atoms with E-state index in [9.17, 15) is 17.6 Å². The highest BCUT2D eigenvalue weighted by Gasteiger charge is 2.32. The van der Waals surface area contributed by atoms with Gasteiger partial charge in [0.2, 0.25) is 15.9 Å². The van der Waals surface area contributed by atoms with E-state index in [0.29, 0.717) is 24.3 Å². The van der Waals surface area contributed by atoms with E-state index in [0.717, 1.165) is 12.1 Å². The van der Waals surface area contributed by atoms with Crippen LogP contribution in [-0.4, -0.2) is 38.8 Å². The molecule has 2 aromatic rings. The number of sulfonamides is 1. The van der Waals surface area contributed by atoms with E-state index in [-0.39, 0.29) is 29.8 Å². The molecule has 0 aliphatic carbocycles. The fraction of sp³-hybridized carbons (Fsp3) is 0.316. The number of benzene rings is 2. The van der Waals surface area contributed by atoms with Crippen LogP contribution in [0.3, 0.4) is 0 Å². The molecule has 1 aliphatic rings. The number of hydrogen-bond donors (Lipinski definition) is 1. The fourth-order valence-corrected chi connectivity index (χ4v) is 4.57. The lowest BCUT2D eigenvalue weighted by atomic mass is 9.97. The van der Waals surface area contributed by atoms with Crippen molar-refractivity contribution in [3.8, 4) is 5.75 Å². The molecule has 0 bridgehead atoms. The van der Waals surface area contributed by atoms with Gasteiger partial charge < -0.3 is 10.1 Å². The number of amides is 1. The van der Waals surface area contributed by atoms with Crippen LogP contribution in [0.2, 0.25) is 0 Å². The molecule has 0 spiro atoms. The molecule has 0 atom stereocenters. The number of anilines is 1. The molecule has 1 fully saturated rings. The lowest BCUT2D eigenvalue weighted by molar-refractivity contribution is -0.120. The van der Waals surface area contributed by atoms with Gasteiger partial charge >= 0.3 is 0 Å². The predicted molar refractivity (Wildman–Crippen MR) is 99.5 cm³/mol. The highest BCUT2D eigenvalue weighted by atomic mass is 32.2. The van der Waals surface area contributed by atoms with Crippen molar-refractivity contribution in [3.05, 3.63) is 54.3 Å². The zero-order valence-corrected chi connectivity index (χ0v) is 15.7. The Balaban J connectivity index is 1.63.